The first-order valence-electron chi connectivity index (χ1n) is 3.76. The highest BCUT2D eigenvalue weighted by molar-refractivity contribution is 7.93. The second-order valence-electron chi connectivity index (χ2n) is 2.63. The van der Waals surface area contributed by atoms with Crippen LogP contribution >= 0.6 is 0 Å². The number of pyridine rings is 1. The van der Waals surface area contributed by atoms with Gasteiger partial charge in [0.15, 0.2) is 6.29 Å². The van der Waals surface area contributed by atoms with E-state index in [4.69, 9.17) is 0 Å². The van der Waals surface area contributed by atoms with E-state index < -0.39 is 21.2 Å². The first kappa shape index (κ1) is 12.4. The van der Waals surface area contributed by atoms with Crippen LogP contribution in [0.3, 0.4) is 0 Å². The molecule has 16 heavy (non-hydrogen) atoms. The molecule has 5 nitrogen and oxygen atoms in total. The number of nitrogens with zero attached hydrogens (tertiary/aromatic N) is 1. The van der Waals surface area contributed by atoms with Gasteiger partial charge in [-0.3, -0.25) is 14.5 Å². The van der Waals surface area contributed by atoms with Crippen molar-refractivity contribution in [1.82, 2.24) is 4.98 Å². The summed E-state index contributed by atoms with van der Waals surface area (Å²) in [6.45, 7) is 0. The third-order valence-electron chi connectivity index (χ3n) is 1.53. The molecule has 0 aromatic carbocycles. The van der Waals surface area contributed by atoms with Gasteiger partial charge in [0, 0.05) is 12.4 Å². The van der Waals surface area contributed by atoms with Crippen molar-refractivity contribution in [2.45, 2.75) is 5.51 Å². The summed E-state index contributed by atoms with van der Waals surface area (Å²) in [6, 6.07) is 0.951. The lowest BCUT2D eigenvalue weighted by atomic mass is 10.3. The Morgan fingerprint density at radius 1 is 1.38 bits per heavy atom. The van der Waals surface area contributed by atoms with Crippen LogP contribution in [0.25, 0.3) is 0 Å². The van der Waals surface area contributed by atoms with E-state index in [1.165, 1.54) is 4.72 Å². The molecule has 1 aromatic rings. The minimum atomic E-state index is -5.52. The predicted octanol–water partition coefficient (Wildman–Crippen LogP) is 1.16. The second kappa shape index (κ2) is 4.08. The van der Waals surface area contributed by atoms with Crippen molar-refractivity contribution < 1.29 is 26.4 Å². The summed E-state index contributed by atoms with van der Waals surface area (Å²) in [5.41, 5.74) is -6.19. The molecule has 1 heterocycles. The van der Waals surface area contributed by atoms with Gasteiger partial charge < -0.3 is 0 Å². The van der Waals surface area contributed by atoms with Crippen LogP contribution in [0.1, 0.15) is 10.4 Å². The van der Waals surface area contributed by atoms with E-state index >= 15 is 0 Å². The molecule has 0 unspecified atom stereocenters. The Labute approximate surface area is 88.3 Å². The molecule has 0 aliphatic carbocycles. The van der Waals surface area contributed by atoms with E-state index in [2.05, 4.69) is 4.98 Å². The summed E-state index contributed by atoms with van der Waals surface area (Å²) in [6.07, 6.45) is 2.20. The number of aromatic nitrogens is 1. The number of rotatable bonds is 3. The van der Waals surface area contributed by atoms with E-state index in [1.54, 1.807) is 0 Å². The van der Waals surface area contributed by atoms with Crippen molar-refractivity contribution in [3.8, 4) is 0 Å². The summed E-state index contributed by atoms with van der Waals surface area (Å²) in [5.74, 6) is 0. The monoisotopic (exact) mass is 254 g/mol. The molecule has 0 radical (unpaired) electrons. The third kappa shape index (κ3) is 2.48. The Morgan fingerprint density at radius 3 is 2.50 bits per heavy atom. The summed E-state index contributed by atoms with van der Waals surface area (Å²) in [4.78, 5) is 13.9. The fourth-order valence-corrected chi connectivity index (χ4v) is 1.39. The van der Waals surface area contributed by atoms with Gasteiger partial charge in [-0.05, 0) is 6.07 Å². The van der Waals surface area contributed by atoms with Crippen molar-refractivity contribution in [2.75, 3.05) is 4.72 Å². The molecule has 0 aliphatic rings. The number of hydrogen-bond acceptors (Lipinski definition) is 4. The van der Waals surface area contributed by atoms with Crippen molar-refractivity contribution in [2.24, 2.45) is 0 Å². The van der Waals surface area contributed by atoms with Gasteiger partial charge in [0.1, 0.15) is 0 Å². The van der Waals surface area contributed by atoms with Crippen LogP contribution in [0, 0.1) is 0 Å². The van der Waals surface area contributed by atoms with E-state index in [-0.39, 0.29) is 11.8 Å². The van der Waals surface area contributed by atoms with E-state index in [1.807, 2.05) is 0 Å². The summed E-state index contributed by atoms with van der Waals surface area (Å²) in [5, 5.41) is 0. The molecule has 0 saturated heterocycles. The maximum absolute atomic E-state index is 12.0. The lowest BCUT2D eigenvalue weighted by Crippen LogP contribution is -2.30. The van der Waals surface area contributed by atoms with Crippen LogP contribution in [0.2, 0.25) is 0 Å². The minimum Gasteiger partial charge on any atom is -0.298 e. The number of alkyl halides is 3. The highest BCUT2D eigenvalue weighted by atomic mass is 32.2. The standard InChI is InChI=1S/C7H5F3N2O3S/c8-7(9,10)16(14,15)12-6-1-2-11-3-5(6)4-13/h1-4H,(H,11,12). The number of nitrogens with one attached hydrogen (secondary N) is 1. The molecule has 9 heteroatoms. The molecule has 0 saturated carbocycles. The molecule has 0 spiro atoms. The van der Waals surface area contributed by atoms with Crippen molar-refractivity contribution >= 4 is 22.0 Å². The molecule has 0 amide bonds. The number of sulfonamides is 1. The van der Waals surface area contributed by atoms with Gasteiger partial charge in [-0.1, -0.05) is 0 Å². The lowest BCUT2D eigenvalue weighted by molar-refractivity contribution is -0.0429. The van der Waals surface area contributed by atoms with Crippen molar-refractivity contribution in [3.05, 3.63) is 24.0 Å². The fraction of sp³-hybridized carbons (Fsp3) is 0.143. The molecule has 0 aliphatic heterocycles. The van der Waals surface area contributed by atoms with Crippen LogP contribution in [-0.2, 0) is 10.0 Å². The van der Waals surface area contributed by atoms with Crippen LogP contribution in [0.5, 0.6) is 0 Å². The summed E-state index contributed by atoms with van der Waals surface area (Å²) >= 11 is 0. The van der Waals surface area contributed by atoms with Crippen LogP contribution < -0.4 is 4.72 Å². The maximum Gasteiger partial charge on any atom is 0.516 e. The Morgan fingerprint density at radius 2 is 2.00 bits per heavy atom. The summed E-state index contributed by atoms with van der Waals surface area (Å²) in [7, 11) is -5.52. The number of anilines is 1. The van der Waals surface area contributed by atoms with Crippen LogP contribution in [0.15, 0.2) is 18.5 Å². The number of aldehydes is 1. The third-order valence-corrected chi connectivity index (χ3v) is 2.63. The summed E-state index contributed by atoms with van der Waals surface area (Å²) < 4.78 is 58.7. The zero-order chi connectivity index (χ0) is 12.4. The number of hydrogen-bond donors (Lipinski definition) is 1. The molecule has 88 valence electrons. The zero-order valence-electron chi connectivity index (χ0n) is 7.52. The molecule has 1 N–H and O–H groups in total. The van der Waals surface area contributed by atoms with Gasteiger partial charge >= 0.3 is 15.5 Å². The number of carbonyl (C=O) groups excluding carboxylic acids is 1. The van der Waals surface area contributed by atoms with Crippen molar-refractivity contribution in [3.63, 3.8) is 0 Å². The van der Waals surface area contributed by atoms with Crippen molar-refractivity contribution in [1.29, 1.82) is 0 Å². The van der Waals surface area contributed by atoms with Crippen LogP contribution in [0.4, 0.5) is 18.9 Å². The van der Waals surface area contributed by atoms with Gasteiger partial charge in [-0.25, -0.2) is 0 Å². The zero-order valence-corrected chi connectivity index (χ0v) is 8.34. The SMILES string of the molecule is O=Cc1cnccc1NS(=O)(=O)C(F)(F)F. The van der Waals surface area contributed by atoms with Crippen LogP contribution in [-0.4, -0.2) is 25.2 Å². The Hall–Kier alpha value is -1.64. The van der Waals surface area contributed by atoms with E-state index in [0.29, 0.717) is 0 Å². The average Bonchev–Trinajstić information content (AvgIpc) is 2.16. The first-order chi connectivity index (χ1) is 7.28. The first-order valence-corrected chi connectivity index (χ1v) is 5.24. The second-order valence-corrected chi connectivity index (χ2v) is 4.31. The molecule has 1 rings (SSSR count). The van der Waals surface area contributed by atoms with E-state index in [9.17, 15) is 26.4 Å². The largest absolute Gasteiger partial charge is 0.516 e. The highest BCUT2D eigenvalue weighted by Crippen LogP contribution is 2.26. The molecular weight excluding hydrogens is 249 g/mol. The minimum absolute atomic E-state index is 0.196. The van der Waals surface area contributed by atoms with Gasteiger partial charge in [-0.15, -0.1) is 0 Å². The van der Waals surface area contributed by atoms with Gasteiger partial charge in [0.05, 0.1) is 11.3 Å². The Bertz CT molecular complexity index is 498. The highest BCUT2D eigenvalue weighted by Gasteiger charge is 2.46. The van der Waals surface area contributed by atoms with Gasteiger partial charge in [0.25, 0.3) is 0 Å². The van der Waals surface area contributed by atoms with E-state index in [0.717, 1.165) is 18.5 Å². The molecule has 0 fully saturated rings. The predicted molar refractivity (Wildman–Crippen MR) is 48.2 cm³/mol. The smallest absolute Gasteiger partial charge is 0.298 e. The number of carbonyl (C=O) groups is 1. The molecule has 0 atom stereocenters. The Balaban J connectivity index is 3.11. The van der Waals surface area contributed by atoms with Gasteiger partial charge in [0.2, 0.25) is 0 Å². The topological polar surface area (TPSA) is 76.1 Å². The van der Waals surface area contributed by atoms with Gasteiger partial charge in [-0.2, -0.15) is 21.6 Å². The number of halogens is 3. The molecule has 0 bridgehead atoms. The normalized spacial score (nSPS) is 12.2. The molecular formula is C7H5F3N2O3S. The fourth-order valence-electron chi connectivity index (χ4n) is 0.796. The average molecular weight is 254 g/mol. The lowest BCUT2D eigenvalue weighted by Gasteiger charge is -2.11. The quantitative estimate of drug-likeness (QED) is 0.821. The molecule has 1 aromatic heterocycles. The Kier molecular flexibility index (Phi) is 3.17. The maximum atomic E-state index is 12.0.